The molecule has 1 saturated heterocycles. The fourth-order valence-corrected chi connectivity index (χ4v) is 2.79. The van der Waals surface area contributed by atoms with E-state index < -0.39 is 0 Å². The molecule has 1 aliphatic heterocycles. The van der Waals surface area contributed by atoms with E-state index in [9.17, 15) is 0 Å². The van der Waals surface area contributed by atoms with E-state index in [1.165, 1.54) is 18.5 Å². The molecule has 0 spiro atoms. The molecule has 19 heavy (non-hydrogen) atoms. The highest BCUT2D eigenvalue weighted by molar-refractivity contribution is 6.32. The average Bonchev–Trinajstić information content (AvgIpc) is 2.89. The summed E-state index contributed by atoms with van der Waals surface area (Å²) in [6.45, 7) is 6.61. The van der Waals surface area contributed by atoms with Crippen molar-refractivity contribution in [1.82, 2.24) is 5.32 Å². The van der Waals surface area contributed by atoms with Crippen LogP contribution in [0.2, 0.25) is 5.02 Å². The summed E-state index contributed by atoms with van der Waals surface area (Å²) in [5, 5.41) is 4.21. The number of hydrogen-bond acceptors (Lipinski definition) is 3. The number of rotatable bonds is 5. The van der Waals surface area contributed by atoms with Gasteiger partial charge in [-0.3, -0.25) is 0 Å². The fraction of sp³-hybridized carbons (Fsp3) is 0.600. The summed E-state index contributed by atoms with van der Waals surface area (Å²) >= 11 is 6.10. The van der Waals surface area contributed by atoms with Crippen molar-refractivity contribution in [2.75, 3.05) is 25.1 Å². The molecule has 0 saturated carbocycles. The molecule has 1 aliphatic rings. The lowest BCUT2D eigenvalue weighted by Gasteiger charge is -2.32. The summed E-state index contributed by atoms with van der Waals surface area (Å²) in [6.07, 6.45) is 2.54. The van der Waals surface area contributed by atoms with Crippen molar-refractivity contribution in [3.05, 3.63) is 23.2 Å². The van der Waals surface area contributed by atoms with Crippen LogP contribution in [0.15, 0.2) is 18.2 Å². The van der Waals surface area contributed by atoms with E-state index in [1.54, 1.807) is 7.11 Å². The molecular formula is C15H23ClN2O. The third-order valence-corrected chi connectivity index (χ3v) is 3.98. The first-order chi connectivity index (χ1) is 9.11. The largest absolute Gasteiger partial charge is 0.495 e. The highest BCUT2D eigenvalue weighted by Gasteiger charge is 2.20. The smallest absolute Gasteiger partial charge is 0.139 e. The summed E-state index contributed by atoms with van der Waals surface area (Å²) in [6, 6.07) is 7.04. The first-order valence-corrected chi connectivity index (χ1v) is 7.33. The van der Waals surface area contributed by atoms with Crippen LogP contribution in [-0.4, -0.2) is 32.3 Å². The molecule has 1 aromatic rings. The van der Waals surface area contributed by atoms with Crippen LogP contribution in [0, 0.1) is 0 Å². The zero-order valence-corrected chi connectivity index (χ0v) is 12.7. The number of benzene rings is 1. The molecule has 106 valence electrons. The molecule has 4 heteroatoms. The molecule has 0 aliphatic carbocycles. The lowest BCUT2D eigenvalue weighted by atomic mass is 10.1. The maximum Gasteiger partial charge on any atom is 0.139 e. The molecule has 0 bridgehead atoms. The normalized spacial score (nSPS) is 18.9. The topological polar surface area (TPSA) is 24.5 Å². The lowest BCUT2D eigenvalue weighted by molar-refractivity contribution is 0.414. The Morgan fingerprint density at radius 1 is 1.47 bits per heavy atom. The Morgan fingerprint density at radius 3 is 2.84 bits per heavy atom. The zero-order valence-electron chi connectivity index (χ0n) is 11.9. The molecule has 1 fully saturated rings. The monoisotopic (exact) mass is 282 g/mol. The van der Waals surface area contributed by atoms with Crippen molar-refractivity contribution in [3.8, 4) is 5.75 Å². The van der Waals surface area contributed by atoms with Gasteiger partial charge in [0.1, 0.15) is 5.75 Å². The second kappa shape index (κ2) is 6.49. The first-order valence-electron chi connectivity index (χ1n) is 6.95. The quantitative estimate of drug-likeness (QED) is 0.897. The summed E-state index contributed by atoms with van der Waals surface area (Å²) in [4.78, 5) is 2.40. The Morgan fingerprint density at radius 2 is 2.26 bits per heavy atom. The second-order valence-electron chi connectivity index (χ2n) is 5.36. The van der Waals surface area contributed by atoms with Crippen molar-refractivity contribution < 1.29 is 4.74 Å². The van der Waals surface area contributed by atoms with E-state index in [0.717, 1.165) is 18.8 Å². The van der Waals surface area contributed by atoms with E-state index in [0.29, 0.717) is 17.1 Å². The third kappa shape index (κ3) is 3.54. The third-order valence-electron chi connectivity index (χ3n) is 3.67. The molecule has 1 N–H and O–H groups in total. The maximum absolute atomic E-state index is 6.10. The number of methoxy groups -OCH3 is 1. The SMILES string of the molecule is COc1cc(N(C[C@@H]2CCCN2)C(C)C)ccc1Cl. The van der Waals surface area contributed by atoms with Gasteiger partial charge in [-0.2, -0.15) is 0 Å². The number of anilines is 1. The van der Waals surface area contributed by atoms with Crippen molar-refractivity contribution >= 4 is 17.3 Å². The molecule has 0 radical (unpaired) electrons. The van der Waals surface area contributed by atoms with Gasteiger partial charge in [-0.05, 0) is 45.4 Å². The fourth-order valence-electron chi connectivity index (χ4n) is 2.59. The molecule has 1 atom stereocenters. The summed E-state index contributed by atoms with van der Waals surface area (Å²) < 4.78 is 5.31. The van der Waals surface area contributed by atoms with Gasteiger partial charge in [0.15, 0.2) is 0 Å². The van der Waals surface area contributed by atoms with Crippen molar-refractivity contribution in [2.24, 2.45) is 0 Å². The molecule has 0 aromatic heterocycles. The number of nitrogens with zero attached hydrogens (tertiary/aromatic N) is 1. The van der Waals surface area contributed by atoms with Crippen LogP contribution < -0.4 is 15.0 Å². The molecular weight excluding hydrogens is 260 g/mol. The van der Waals surface area contributed by atoms with Crippen LogP contribution in [0.5, 0.6) is 5.75 Å². The minimum atomic E-state index is 0.452. The van der Waals surface area contributed by atoms with Gasteiger partial charge in [-0.15, -0.1) is 0 Å². The Hall–Kier alpha value is -0.930. The van der Waals surface area contributed by atoms with Crippen LogP contribution in [-0.2, 0) is 0 Å². The number of ether oxygens (including phenoxy) is 1. The van der Waals surface area contributed by atoms with E-state index in [4.69, 9.17) is 16.3 Å². The Labute approximate surface area is 120 Å². The van der Waals surface area contributed by atoms with Gasteiger partial charge in [-0.1, -0.05) is 11.6 Å². The molecule has 2 rings (SSSR count). The summed E-state index contributed by atoms with van der Waals surface area (Å²) in [7, 11) is 1.66. The highest BCUT2D eigenvalue weighted by atomic mass is 35.5. The van der Waals surface area contributed by atoms with Crippen LogP contribution >= 0.6 is 11.6 Å². The predicted molar refractivity (Wildman–Crippen MR) is 81.5 cm³/mol. The lowest BCUT2D eigenvalue weighted by Crippen LogP contribution is -2.41. The van der Waals surface area contributed by atoms with Crippen molar-refractivity contribution in [2.45, 2.75) is 38.8 Å². The van der Waals surface area contributed by atoms with E-state index >= 15 is 0 Å². The predicted octanol–water partition coefficient (Wildman–Crippen LogP) is 3.32. The highest BCUT2D eigenvalue weighted by Crippen LogP contribution is 2.30. The van der Waals surface area contributed by atoms with Gasteiger partial charge in [0.05, 0.1) is 12.1 Å². The Balaban J connectivity index is 2.17. The van der Waals surface area contributed by atoms with Gasteiger partial charge in [-0.25, -0.2) is 0 Å². The van der Waals surface area contributed by atoms with Crippen LogP contribution in [0.3, 0.4) is 0 Å². The van der Waals surface area contributed by atoms with E-state index in [1.807, 2.05) is 12.1 Å². The molecule has 1 aromatic carbocycles. The zero-order chi connectivity index (χ0) is 13.8. The first kappa shape index (κ1) is 14.5. The van der Waals surface area contributed by atoms with Gasteiger partial charge in [0.2, 0.25) is 0 Å². The van der Waals surface area contributed by atoms with Crippen LogP contribution in [0.1, 0.15) is 26.7 Å². The van der Waals surface area contributed by atoms with Gasteiger partial charge >= 0.3 is 0 Å². The Kier molecular flexibility index (Phi) is 4.94. The van der Waals surface area contributed by atoms with E-state index in [2.05, 4.69) is 30.1 Å². The minimum absolute atomic E-state index is 0.452. The Bertz CT molecular complexity index is 417. The van der Waals surface area contributed by atoms with Gasteiger partial charge in [0, 0.05) is 30.4 Å². The number of nitrogens with one attached hydrogen (secondary N) is 1. The van der Waals surface area contributed by atoms with E-state index in [-0.39, 0.29) is 0 Å². The molecule has 3 nitrogen and oxygen atoms in total. The van der Waals surface area contributed by atoms with Gasteiger partial charge < -0.3 is 15.0 Å². The average molecular weight is 283 g/mol. The molecule has 0 amide bonds. The number of halogens is 1. The van der Waals surface area contributed by atoms with Gasteiger partial charge in [0.25, 0.3) is 0 Å². The maximum atomic E-state index is 6.10. The van der Waals surface area contributed by atoms with Crippen molar-refractivity contribution in [3.63, 3.8) is 0 Å². The minimum Gasteiger partial charge on any atom is -0.495 e. The molecule has 0 unspecified atom stereocenters. The summed E-state index contributed by atoms with van der Waals surface area (Å²) in [5.74, 6) is 0.740. The summed E-state index contributed by atoms with van der Waals surface area (Å²) in [5.41, 5.74) is 1.17. The van der Waals surface area contributed by atoms with Crippen molar-refractivity contribution in [1.29, 1.82) is 0 Å². The number of hydrogen-bond donors (Lipinski definition) is 1. The molecule has 1 heterocycles. The standard InChI is InChI=1S/C15H23ClN2O/c1-11(2)18(10-12-5-4-8-17-12)13-6-7-14(16)15(9-13)19-3/h6-7,9,11-12,17H,4-5,8,10H2,1-3H3/t12-/m0/s1. The second-order valence-corrected chi connectivity index (χ2v) is 5.77. The van der Waals surface area contributed by atoms with Crippen LogP contribution in [0.25, 0.3) is 0 Å². The van der Waals surface area contributed by atoms with Crippen LogP contribution in [0.4, 0.5) is 5.69 Å².